The second kappa shape index (κ2) is 44.2. The molecule has 3 aromatic carbocycles. The molecular formula is C68H106N10O22. The molecule has 3 aromatic rings. The standard InChI is InChI=1S/C39H57N5O10.C28H45N5O12.CH4/c1-19(2)31(40)37(50)42-28(36(49)44-33(21(5)6)39(52)54-10)18-24-12-14-30(46)26(16-24)25-15-23(11-13-29(25)45)17-27(41-34(47)22(7)8)35(48)43-32(20(3)4)38(51)53-9;1-45-28(44)18(7-2-4-12-29)32-25(40)19(14-15-8-10-16(34)11-9-15)33-24(39)17(30)6-3-5-13-31-26(41)22(37)20(35)21(36)23(38)27(42)43;/h11-16,19-22,27-28,31-33,45-46H,17-18,40H2,1-10H3,(H,41,47)(H,42,50)(H,43,48)(H,44,49);8-11,17-23,34-38H,2-7,12-14,29-30H2,1H3,(H,31,41)(H,32,40)(H,33,39)(H,42,43);1H4/t27-,28+,31+,32-,33?;17-,18?,19-,20?,21?,22?,23?;/m00./s1. The maximum absolute atomic E-state index is 13.6. The summed E-state index contributed by atoms with van der Waals surface area (Å²) in [6.07, 6.45) is -7.24. The van der Waals surface area contributed by atoms with Crippen molar-refractivity contribution in [1.82, 2.24) is 37.2 Å². The van der Waals surface area contributed by atoms with Gasteiger partial charge < -0.3 is 109 Å². The highest BCUT2D eigenvalue weighted by Crippen LogP contribution is 2.37. The number of nitrogens with one attached hydrogen (secondary N) is 7. The number of hydrogen-bond acceptors (Lipinski definition) is 24. The summed E-state index contributed by atoms with van der Waals surface area (Å²) in [5.41, 5.74) is 19.5. The van der Waals surface area contributed by atoms with Crippen LogP contribution in [-0.4, -0.2) is 213 Å². The molecule has 0 radical (unpaired) electrons. The third-order valence-electron chi connectivity index (χ3n) is 15.8. The molecule has 7 amide bonds. The normalized spacial score (nSPS) is 14.7. The number of phenolic OH excluding ortho intramolecular Hbond substituents is 3. The number of aliphatic hydroxyl groups is 4. The van der Waals surface area contributed by atoms with Gasteiger partial charge in [-0.25, -0.2) is 19.2 Å². The Morgan fingerprint density at radius 2 is 0.850 bits per heavy atom. The van der Waals surface area contributed by atoms with Gasteiger partial charge >= 0.3 is 23.9 Å². The molecule has 12 atom stereocenters. The molecule has 560 valence electrons. The number of amides is 7. The number of aromatic hydroxyl groups is 3. The minimum Gasteiger partial charge on any atom is -0.508 e. The number of aliphatic hydroxyl groups excluding tert-OH is 4. The highest BCUT2D eigenvalue weighted by molar-refractivity contribution is 5.94. The number of carboxylic acids is 1. The Bertz CT molecular complexity index is 3170. The zero-order valence-corrected chi connectivity index (χ0v) is 57.8. The van der Waals surface area contributed by atoms with E-state index >= 15 is 0 Å². The predicted molar refractivity (Wildman–Crippen MR) is 366 cm³/mol. The van der Waals surface area contributed by atoms with Crippen molar-refractivity contribution in [2.24, 2.45) is 40.9 Å². The van der Waals surface area contributed by atoms with Crippen molar-refractivity contribution in [2.45, 2.75) is 193 Å². The fourth-order valence-corrected chi connectivity index (χ4v) is 9.53. The third kappa shape index (κ3) is 29.0. The molecular weight excluding hydrogens is 1310 g/mol. The second-order valence-electron chi connectivity index (χ2n) is 25.1. The van der Waals surface area contributed by atoms with Crippen LogP contribution in [0.1, 0.15) is 118 Å². The topological polar surface area (TPSA) is 540 Å². The molecule has 32 heteroatoms. The molecule has 0 aliphatic carbocycles. The van der Waals surface area contributed by atoms with Crippen molar-refractivity contribution in [3.63, 3.8) is 0 Å². The molecule has 21 N–H and O–H groups in total. The van der Waals surface area contributed by atoms with E-state index in [1.807, 2.05) is 0 Å². The van der Waals surface area contributed by atoms with Crippen LogP contribution in [0.15, 0.2) is 60.7 Å². The van der Waals surface area contributed by atoms with Gasteiger partial charge in [0.05, 0.1) is 33.4 Å². The fourth-order valence-electron chi connectivity index (χ4n) is 9.53. The van der Waals surface area contributed by atoms with E-state index in [4.69, 9.17) is 36.5 Å². The van der Waals surface area contributed by atoms with Gasteiger partial charge in [-0.15, -0.1) is 0 Å². The van der Waals surface area contributed by atoms with E-state index in [0.717, 1.165) is 0 Å². The van der Waals surface area contributed by atoms with Crippen LogP contribution in [0.2, 0.25) is 0 Å². The van der Waals surface area contributed by atoms with Crippen molar-refractivity contribution < 1.29 is 108 Å². The van der Waals surface area contributed by atoms with E-state index < -0.39 is 144 Å². The average molecular weight is 1420 g/mol. The molecule has 0 aliphatic heterocycles. The largest absolute Gasteiger partial charge is 0.508 e. The summed E-state index contributed by atoms with van der Waals surface area (Å²) in [5, 5.41) is 96.9. The minimum atomic E-state index is -2.42. The predicted octanol–water partition coefficient (Wildman–Crippen LogP) is -0.929. The summed E-state index contributed by atoms with van der Waals surface area (Å²) in [4.78, 5) is 139. The Balaban J connectivity index is 0.00000101. The lowest BCUT2D eigenvalue weighted by Crippen LogP contribution is -2.57. The summed E-state index contributed by atoms with van der Waals surface area (Å²) in [6, 6.07) is 6.52. The van der Waals surface area contributed by atoms with Crippen molar-refractivity contribution in [2.75, 3.05) is 34.4 Å². The summed E-state index contributed by atoms with van der Waals surface area (Å²) in [5.74, 6) is -10.3. The summed E-state index contributed by atoms with van der Waals surface area (Å²) in [6.45, 7) is 14.2. The van der Waals surface area contributed by atoms with E-state index in [9.17, 15) is 88.5 Å². The van der Waals surface area contributed by atoms with Crippen molar-refractivity contribution in [3.8, 4) is 28.4 Å². The van der Waals surface area contributed by atoms with Crippen LogP contribution in [0.5, 0.6) is 17.2 Å². The molecule has 0 fully saturated rings. The first-order valence-electron chi connectivity index (χ1n) is 32.4. The van der Waals surface area contributed by atoms with Gasteiger partial charge in [-0.3, -0.25) is 33.6 Å². The van der Waals surface area contributed by atoms with E-state index in [0.29, 0.717) is 42.5 Å². The van der Waals surface area contributed by atoms with E-state index in [-0.39, 0.29) is 98.6 Å². The quantitative estimate of drug-likeness (QED) is 0.0186. The van der Waals surface area contributed by atoms with Crippen LogP contribution in [0.25, 0.3) is 11.1 Å². The number of phenols is 3. The number of rotatable bonds is 39. The van der Waals surface area contributed by atoms with Gasteiger partial charge in [0.25, 0.3) is 5.91 Å². The number of ether oxygens (including phenoxy) is 3. The van der Waals surface area contributed by atoms with Crippen LogP contribution in [-0.2, 0) is 86.2 Å². The van der Waals surface area contributed by atoms with Crippen LogP contribution in [0.4, 0.5) is 0 Å². The Hall–Kier alpha value is -9.05. The van der Waals surface area contributed by atoms with E-state index in [1.165, 1.54) is 51.7 Å². The molecule has 0 saturated carbocycles. The SMILES string of the molecule is C.COC(=O)C(CCCCN)NC(=O)[C@H](Cc1ccc(O)cc1)NC(=O)[C@@H](N)CCCCNC(=O)C(O)C(O)C(O)C(O)C(=O)O.COC(=O)C(NC(=O)[C@@H](Cc1ccc(O)c(-c2cc(C[C@H](NC(=O)C(C)C)C(=O)N[C@H](C(=O)OC)C(C)C)ccc2O)c1)NC(=O)[C@H](N)C(C)C)C(C)C. The Morgan fingerprint density at radius 3 is 1.27 bits per heavy atom. The van der Waals surface area contributed by atoms with Crippen LogP contribution in [0.3, 0.4) is 0 Å². The number of carbonyl (C=O) groups is 11. The molecule has 6 unspecified atom stereocenters. The summed E-state index contributed by atoms with van der Waals surface area (Å²) >= 11 is 0. The van der Waals surface area contributed by atoms with Gasteiger partial charge in [-0.2, -0.15) is 0 Å². The molecule has 0 bridgehead atoms. The smallest absolute Gasteiger partial charge is 0.335 e. The first-order valence-corrected chi connectivity index (χ1v) is 32.4. The van der Waals surface area contributed by atoms with Crippen molar-refractivity contribution in [3.05, 3.63) is 77.4 Å². The number of unbranched alkanes of at least 4 members (excludes halogenated alkanes) is 2. The van der Waals surface area contributed by atoms with Crippen molar-refractivity contribution in [1.29, 1.82) is 0 Å². The monoisotopic (exact) mass is 1410 g/mol. The molecule has 0 aliphatic rings. The molecule has 100 heavy (non-hydrogen) atoms. The summed E-state index contributed by atoms with van der Waals surface area (Å²) in [7, 11) is 3.61. The maximum atomic E-state index is 13.6. The molecule has 32 nitrogen and oxygen atoms in total. The Labute approximate surface area is 582 Å². The molecule has 0 heterocycles. The third-order valence-corrected chi connectivity index (χ3v) is 15.8. The zero-order valence-electron chi connectivity index (χ0n) is 57.8. The lowest BCUT2D eigenvalue weighted by atomic mass is 9.94. The zero-order chi connectivity index (χ0) is 75.1. The Morgan fingerprint density at radius 1 is 0.450 bits per heavy atom. The average Bonchev–Trinajstić information content (AvgIpc) is 0.806. The van der Waals surface area contributed by atoms with Gasteiger partial charge in [-0.05, 0) is 116 Å². The van der Waals surface area contributed by atoms with Gasteiger partial charge in [0.2, 0.25) is 35.4 Å². The van der Waals surface area contributed by atoms with Crippen LogP contribution >= 0.6 is 0 Å². The fraction of sp³-hybridized carbons (Fsp3) is 0.574. The van der Waals surface area contributed by atoms with E-state index in [2.05, 4.69) is 37.2 Å². The molecule has 0 spiro atoms. The van der Waals surface area contributed by atoms with Crippen LogP contribution < -0.4 is 54.4 Å². The number of methoxy groups -OCH3 is 3. The number of aliphatic carboxylic acids is 1. The van der Waals surface area contributed by atoms with E-state index in [1.54, 1.807) is 85.7 Å². The Kier molecular flexibility index (Phi) is 39.3. The highest BCUT2D eigenvalue weighted by Gasteiger charge is 2.38. The van der Waals surface area contributed by atoms with Crippen LogP contribution in [0, 0.1) is 23.7 Å². The number of hydrogen-bond donors (Lipinski definition) is 18. The number of carbonyl (C=O) groups excluding carboxylic acids is 10. The first kappa shape index (κ1) is 89.0. The van der Waals surface area contributed by atoms with Gasteiger partial charge in [0.15, 0.2) is 12.2 Å². The molecule has 0 aromatic heterocycles. The minimum absolute atomic E-state index is 0. The number of carboxylic acid groups (broad SMARTS) is 1. The number of benzene rings is 3. The lowest BCUT2D eigenvalue weighted by Gasteiger charge is -2.26. The maximum Gasteiger partial charge on any atom is 0.335 e. The highest BCUT2D eigenvalue weighted by atomic mass is 16.5. The molecule has 3 rings (SSSR count). The van der Waals surface area contributed by atoms with Gasteiger partial charge in [0.1, 0.15) is 65.7 Å². The lowest BCUT2D eigenvalue weighted by molar-refractivity contribution is -0.166. The number of esters is 3. The molecule has 0 saturated heterocycles. The number of nitrogens with two attached hydrogens (primary N) is 3. The van der Waals surface area contributed by atoms with Gasteiger partial charge in [-0.1, -0.05) is 87.1 Å². The summed E-state index contributed by atoms with van der Waals surface area (Å²) < 4.78 is 14.5. The second-order valence-corrected chi connectivity index (χ2v) is 25.1. The first-order chi connectivity index (χ1) is 46.4. The van der Waals surface area contributed by atoms with Crippen molar-refractivity contribution >= 4 is 65.2 Å². The van der Waals surface area contributed by atoms with Gasteiger partial charge in [0, 0.05) is 42.9 Å².